The first kappa shape index (κ1) is 44.5. The molecule has 0 fully saturated rings. The standard InChI is InChI=1S/C18H17F5NO5P.C6HF5O.C6H13NO2/c1-9(2)27-18(25)10(3)24-30(26,28-11-7-5-4-6-8-11)29-17-15(22)13(20)12(19)14(21)16(17)23;7-1-2(8)4(10)6(12)5(11)3(1)9;1-4(2)9-6(8)5(3)7/h4-10H,1-3H3,(H,24,26);12H;4-5H,7H2,1-3H3/t10-,30-;;5-/m1.1/s1. The lowest BCUT2D eigenvalue weighted by molar-refractivity contribution is -0.149. The van der Waals surface area contributed by atoms with Crippen molar-refractivity contribution in [2.24, 2.45) is 5.73 Å². The molecule has 0 heterocycles. The second-order valence-corrected chi connectivity index (χ2v) is 12.0. The van der Waals surface area contributed by atoms with E-state index in [0.29, 0.717) is 0 Å². The van der Waals surface area contributed by atoms with Gasteiger partial charge in [-0.25, -0.2) is 30.9 Å². The number of halogens is 10. The molecule has 3 rings (SSSR count). The fourth-order valence-electron chi connectivity index (χ4n) is 3.03. The number of carbonyl (C=O) groups is 2. The second-order valence-electron chi connectivity index (χ2n) is 10.4. The summed E-state index contributed by atoms with van der Waals surface area (Å²) in [6.45, 7) is 9.44. The van der Waals surface area contributed by atoms with Crippen molar-refractivity contribution in [3.8, 4) is 17.2 Å². The van der Waals surface area contributed by atoms with Crippen molar-refractivity contribution in [2.45, 2.75) is 65.8 Å². The molecular weight excluding hydrogens is 737 g/mol. The number of carbonyl (C=O) groups excluding carboxylic acids is 2. The largest absolute Gasteiger partial charge is 0.513 e. The minimum absolute atomic E-state index is 0.0662. The summed E-state index contributed by atoms with van der Waals surface area (Å²) in [4.78, 5) is 22.6. The molecule has 0 saturated heterocycles. The second kappa shape index (κ2) is 19.2. The Morgan fingerprint density at radius 3 is 1.37 bits per heavy atom. The molecule has 0 aliphatic rings. The number of hydrogen-bond donors (Lipinski definition) is 3. The molecule has 10 nitrogen and oxygen atoms in total. The van der Waals surface area contributed by atoms with Crippen LogP contribution in [0.4, 0.5) is 43.9 Å². The van der Waals surface area contributed by atoms with Crippen LogP contribution in [-0.4, -0.2) is 41.3 Å². The van der Waals surface area contributed by atoms with Crippen molar-refractivity contribution in [3.63, 3.8) is 0 Å². The summed E-state index contributed by atoms with van der Waals surface area (Å²) in [6, 6.07) is 5.14. The van der Waals surface area contributed by atoms with Crippen molar-refractivity contribution in [1.82, 2.24) is 5.09 Å². The van der Waals surface area contributed by atoms with E-state index in [-0.39, 0.29) is 17.8 Å². The van der Waals surface area contributed by atoms with Crippen LogP contribution in [-0.2, 0) is 23.6 Å². The predicted molar refractivity (Wildman–Crippen MR) is 158 cm³/mol. The molecule has 0 radical (unpaired) electrons. The highest BCUT2D eigenvalue weighted by Gasteiger charge is 2.38. The van der Waals surface area contributed by atoms with Gasteiger partial charge in [-0.15, -0.1) is 0 Å². The zero-order valence-corrected chi connectivity index (χ0v) is 28.2. The van der Waals surface area contributed by atoms with Gasteiger partial charge in [0.05, 0.1) is 12.2 Å². The highest BCUT2D eigenvalue weighted by Crippen LogP contribution is 2.47. The van der Waals surface area contributed by atoms with E-state index in [1.807, 2.05) is 0 Å². The molecule has 0 spiro atoms. The number of aromatic hydroxyl groups is 1. The van der Waals surface area contributed by atoms with Crippen molar-refractivity contribution < 1.29 is 81.7 Å². The number of benzene rings is 3. The van der Waals surface area contributed by atoms with Crippen molar-refractivity contribution in [2.75, 3.05) is 0 Å². The first-order valence-corrected chi connectivity index (χ1v) is 15.7. The van der Waals surface area contributed by atoms with Gasteiger partial charge in [-0.2, -0.15) is 22.6 Å². The minimum Gasteiger partial charge on any atom is -0.503 e. The van der Waals surface area contributed by atoms with Crippen LogP contribution in [0.1, 0.15) is 41.5 Å². The Morgan fingerprint density at radius 2 is 1.00 bits per heavy atom. The lowest BCUT2D eigenvalue weighted by atomic mass is 10.3. The van der Waals surface area contributed by atoms with E-state index < -0.39 is 102 Å². The van der Waals surface area contributed by atoms with Gasteiger partial charge in [0.15, 0.2) is 5.75 Å². The number of para-hydroxylation sites is 1. The summed E-state index contributed by atoms with van der Waals surface area (Å²) in [5.41, 5.74) is 5.21. The Bertz CT molecular complexity index is 1600. The van der Waals surface area contributed by atoms with Crippen molar-refractivity contribution in [1.29, 1.82) is 0 Å². The molecule has 4 N–H and O–H groups in total. The summed E-state index contributed by atoms with van der Waals surface area (Å²) >= 11 is 0. The zero-order chi connectivity index (χ0) is 39.5. The Balaban J connectivity index is 0.000000503. The number of rotatable bonds is 10. The molecule has 21 heteroatoms. The quantitative estimate of drug-likeness (QED) is 0.0634. The van der Waals surface area contributed by atoms with E-state index in [1.54, 1.807) is 26.8 Å². The number of phenols is 1. The van der Waals surface area contributed by atoms with E-state index in [9.17, 15) is 58.1 Å². The van der Waals surface area contributed by atoms with Crippen LogP contribution in [0.15, 0.2) is 30.3 Å². The molecule has 3 aromatic carbocycles. The molecule has 51 heavy (non-hydrogen) atoms. The number of nitrogens with one attached hydrogen (secondary N) is 1. The van der Waals surface area contributed by atoms with Gasteiger partial charge >= 0.3 is 19.7 Å². The highest BCUT2D eigenvalue weighted by molar-refractivity contribution is 7.52. The van der Waals surface area contributed by atoms with E-state index >= 15 is 0 Å². The number of phenolic OH excluding ortho intramolecular Hbond substituents is 1. The topological polar surface area (TPSA) is 146 Å². The Morgan fingerprint density at radius 1 is 0.627 bits per heavy atom. The molecule has 0 unspecified atom stereocenters. The van der Waals surface area contributed by atoms with Crippen molar-refractivity contribution >= 4 is 19.7 Å². The molecule has 3 atom stereocenters. The molecule has 3 aromatic rings. The average molecular weight is 769 g/mol. The van der Waals surface area contributed by atoms with Crippen LogP contribution in [0, 0.1) is 58.2 Å². The summed E-state index contributed by atoms with van der Waals surface area (Å²) in [7, 11) is -4.91. The number of hydrogen-bond acceptors (Lipinski definition) is 9. The number of ether oxygens (including phenoxy) is 2. The van der Waals surface area contributed by atoms with Crippen LogP contribution in [0.3, 0.4) is 0 Å². The van der Waals surface area contributed by atoms with Gasteiger partial charge in [0.25, 0.3) is 0 Å². The maximum Gasteiger partial charge on any atom is 0.513 e. The van der Waals surface area contributed by atoms with Gasteiger partial charge in [-0.1, -0.05) is 18.2 Å². The third-order valence-electron chi connectivity index (χ3n) is 5.32. The van der Waals surface area contributed by atoms with Crippen LogP contribution in [0.5, 0.6) is 17.2 Å². The monoisotopic (exact) mass is 768 g/mol. The normalized spacial score (nSPS) is 13.2. The fraction of sp³-hybridized carbons (Fsp3) is 0.333. The van der Waals surface area contributed by atoms with Crippen LogP contribution in [0.25, 0.3) is 0 Å². The van der Waals surface area contributed by atoms with Crippen LogP contribution < -0.4 is 19.9 Å². The Hall–Kier alpha value is -4.55. The average Bonchev–Trinajstić information content (AvgIpc) is 3.06. The number of esters is 2. The van der Waals surface area contributed by atoms with Gasteiger partial charge in [0, 0.05) is 0 Å². The van der Waals surface area contributed by atoms with Gasteiger partial charge in [0.2, 0.25) is 63.9 Å². The van der Waals surface area contributed by atoms with Gasteiger partial charge in [-0.05, 0) is 53.7 Å². The Labute approximate surface area is 284 Å². The lowest BCUT2D eigenvalue weighted by Gasteiger charge is -2.24. The summed E-state index contributed by atoms with van der Waals surface area (Å²) < 4.78 is 161. The van der Waals surface area contributed by atoms with Crippen molar-refractivity contribution in [3.05, 3.63) is 88.5 Å². The SMILES string of the molecule is CC(C)OC(=O)[C@@H](C)N.CC(C)OC(=O)[C@@H](C)N[P@@](=O)(Oc1ccccc1)Oc1c(F)c(F)c(F)c(F)c1F.Oc1c(F)c(F)c(F)c(F)c1F. The van der Waals surface area contributed by atoms with E-state index in [1.165, 1.54) is 45.0 Å². The van der Waals surface area contributed by atoms with Crippen LogP contribution >= 0.6 is 7.75 Å². The lowest BCUT2D eigenvalue weighted by Crippen LogP contribution is -2.37. The van der Waals surface area contributed by atoms with E-state index in [0.717, 1.165) is 0 Å². The number of nitrogens with two attached hydrogens (primary N) is 1. The molecular formula is C30H31F10N2O8P. The minimum atomic E-state index is -4.91. The summed E-state index contributed by atoms with van der Waals surface area (Å²) in [6.07, 6.45) is -0.615. The molecule has 0 aliphatic heterocycles. The molecule has 0 amide bonds. The summed E-state index contributed by atoms with van der Waals surface area (Å²) in [5, 5.41) is 10.4. The first-order valence-electron chi connectivity index (χ1n) is 14.2. The molecule has 0 saturated carbocycles. The van der Waals surface area contributed by atoms with Gasteiger partial charge in [-0.3, -0.25) is 9.59 Å². The maximum atomic E-state index is 14.0. The maximum absolute atomic E-state index is 14.0. The third-order valence-corrected chi connectivity index (χ3v) is 6.89. The fourth-order valence-corrected chi connectivity index (χ4v) is 4.56. The smallest absolute Gasteiger partial charge is 0.503 e. The third kappa shape index (κ3) is 12.6. The predicted octanol–water partition coefficient (Wildman–Crippen LogP) is 7.25. The molecule has 0 bridgehead atoms. The zero-order valence-electron chi connectivity index (χ0n) is 27.3. The molecule has 0 aromatic heterocycles. The van der Waals surface area contributed by atoms with Crippen LogP contribution in [0.2, 0.25) is 0 Å². The van der Waals surface area contributed by atoms with Gasteiger partial charge in [0.1, 0.15) is 17.8 Å². The van der Waals surface area contributed by atoms with Gasteiger partial charge < -0.3 is 29.4 Å². The van der Waals surface area contributed by atoms with E-state index in [2.05, 4.69) is 9.61 Å². The van der Waals surface area contributed by atoms with E-state index in [4.69, 9.17) is 24.8 Å². The summed E-state index contributed by atoms with van der Waals surface area (Å²) in [5.74, 6) is -27.9. The first-order chi connectivity index (χ1) is 23.4. The Kier molecular flexibility index (Phi) is 16.7. The molecule has 284 valence electrons. The highest BCUT2D eigenvalue weighted by atomic mass is 31.2. The molecule has 0 aliphatic carbocycles.